The first kappa shape index (κ1) is 13.4. The summed E-state index contributed by atoms with van der Waals surface area (Å²) >= 11 is 0. The molecule has 3 rings (SSSR count). The molecule has 6 heteroatoms. The summed E-state index contributed by atoms with van der Waals surface area (Å²) in [5.41, 5.74) is 1.91. The van der Waals surface area contributed by atoms with Gasteiger partial charge in [-0.2, -0.15) is 0 Å². The molecular weight excluding hydrogens is 273 g/mol. The molecule has 0 saturated heterocycles. The van der Waals surface area contributed by atoms with E-state index in [9.17, 15) is 9.50 Å². The average molecular weight is 287 g/mol. The lowest BCUT2D eigenvalue weighted by Gasteiger charge is -2.10. The molecule has 0 aliphatic carbocycles. The van der Waals surface area contributed by atoms with Crippen LogP contribution in [0.15, 0.2) is 36.5 Å². The number of nitrogens with one attached hydrogen (secondary N) is 2. The Balaban J connectivity index is 2.17. The van der Waals surface area contributed by atoms with Crippen LogP contribution in [0.1, 0.15) is 0 Å². The van der Waals surface area contributed by atoms with Gasteiger partial charge in [-0.05, 0) is 24.3 Å². The molecule has 1 aromatic carbocycles. The largest absolute Gasteiger partial charge is 0.507 e. The summed E-state index contributed by atoms with van der Waals surface area (Å²) in [6, 6.07) is 7.52. The minimum absolute atomic E-state index is 0.0123. The molecule has 3 aromatic rings. The molecule has 4 N–H and O–H groups in total. The maximum absolute atomic E-state index is 13.1. The van der Waals surface area contributed by atoms with Crippen LogP contribution in [0.5, 0.6) is 5.75 Å². The van der Waals surface area contributed by atoms with Gasteiger partial charge in [-0.25, -0.2) is 9.37 Å². The highest BCUT2D eigenvalue weighted by atomic mass is 19.1. The molecule has 0 spiro atoms. The number of aliphatic hydroxyl groups is 1. The first-order valence-corrected chi connectivity index (χ1v) is 6.51. The lowest BCUT2D eigenvalue weighted by atomic mass is 10.0. The molecule has 0 amide bonds. The second-order valence-electron chi connectivity index (χ2n) is 4.61. The molecule has 0 bridgehead atoms. The number of aromatic nitrogens is 2. The van der Waals surface area contributed by atoms with Crippen molar-refractivity contribution in [1.82, 2.24) is 9.97 Å². The summed E-state index contributed by atoms with van der Waals surface area (Å²) in [5, 5.41) is 22.7. The predicted octanol–water partition coefficient (Wildman–Crippen LogP) is 2.48. The van der Waals surface area contributed by atoms with Crippen molar-refractivity contribution in [2.24, 2.45) is 0 Å². The number of benzene rings is 1. The van der Waals surface area contributed by atoms with Crippen molar-refractivity contribution in [3.05, 3.63) is 42.3 Å². The van der Waals surface area contributed by atoms with Crippen LogP contribution in [0.4, 0.5) is 10.2 Å². The number of nitrogens with zero attached hydrogens (tertiary/aromatic N) is 1. The molecule has 0 aliphatic rings. The molecule has 2 aromatic heterocycles. The Morgan fingerprint density at radius 1 is 1.19 bits per heavy atom. The van der Waals surface area contributed by atoms with Gasteiger partial charge in [0.05, 0.1) is 6.61 Å². The van der Waals surface area contributed by atoms with E-state index < -0.39 is 5.82 Å². The summed E-state index contributed by atoms with van der Waals surface area (Å²) < 4.78 is 13.1. The number of fused-ring (bicyclic) bond motifs is 1. The van der Waals surface area contributed by atoms with Crippen molar-refractivity contribution in [1.29, 1.82) is 0 Å². The second-order valence-corrected chi connectivity index (χ2v) is 4.61. The summed E-state index contributed by atoms with van der Waals surface area (Å²) in [5.74, 6) is -0.0521. The van der Waals surface area contributed by atoms with E-state index in [-0.39, 0.29) is 12.4 Å². The summed E-state index contributed by atoms with van der Waals surface area (Å²) in [7, 11) is 0. The van der Waals surface area contributed by atoms with E-state index in [1.165, 1.54) is 12.1 Å². The molecule has 0 saturated carbocycles. The highest BCUT2D eigenvalue weighted by Gasteiger charge is 2.12. The number of anilines is 1. The smallest absolute Gasteiger partial charge is 0.140 e. The molecule has 0 radical (unpaired) electrons. The standard InChI is InChI=1S/C15H14FN3O2/c16-9-1-2-10(13(21)7-9)12-8-14(17-5-6-20)19-15-11(12)3-4-18-15/h1-4,7-8,20-21H,5-6H2,(H2,17,18,19). The fraction of sp³-hybridized carbons (Fsp3) is 0.133. The number of phenols is 1. The van der Waals surface area contributed by atoms with Gasteiger partial charge in [0.25, 0.3) is 0 Å². The molecular formula is C15H14FN3O2. The SMILES string of the molecule is OCCNc1cc(-c2ccc(F)cc2O)c2cc[nH]c2n1. The molecule has 0 fully saturated rings. The maximum Gasteiger partial charge on any atom is 0.140 e. The molecule has 108 valence electrons. The maximum atomic E-state index is 13.1. The van der Waals surface area contributed by atoms with E-state index in [1.54, 1.807) is 12.3 Å². The fourth-order valence-electron chi connectivity index (χ4n) is 2.27. The predicted molar refractivity (Wildman–Crippen MR) is 78.7 cm³/mol. The van der Waals surface area contributed by atoms with Crippen LogP contribution < -0.4 is 5.32 Å². The number of phenolic OH excluding ortho intramolecular Hbond substituents is 1. The number of aromatic amines is 1. The third-order valence-electron chi connectivity index (χ3n) is 3.20. The highest BCUT2D eigenvalue weighted by Crippen LogP contribution is 2.35. The number of rotatable bonds is 4. The Bertz CT molecular complexity index is 786. The van der Waals surface area contributed by atoms with Gasteiger partial charge in [0, 0.05) is 35.3 Å². The molecule has 2 heterocycles. The van der Waals surface area contributed by atoms with Crippen LogP contribution in [0.2, 0.25) is 0 Å². The lowest BCUT2D eigenvalue weighted by Crippen LogP contribution is -2.07. The van der Waals surface area contributed by atoms with E-state index in [2.05, 4.69) is 15.3 Å². The van der Waals surface area contributed by atoms with Gasteiger partial charge in [-0.15, -0.1) is 0 Å². The third kappa shape index (κ3) is 2.53. The van der Waals surface area contributed by atoms with Crippen LogP contribution in [-0.4, -0.2) is 33.3 Å². The van der Waals surface area contributed by atoms with Crippen molar-refractivity contribution >= 4 is 16.9 Å². The average Bonchev–Trinajstić information content (AvgIpc) is 2.93. The van der Waals surface area contributed by atoms with Gasteiger partial charge in [-0.3, -0.25) is 0 Å². The third-order valence-corrected chi connectivity index (χ3v) is 3.20. The number of aliphatic hydroxyl groups excluding tert-OH is 1. The molecule has 0 unspecified atom stereocenters. The van der Waals surface area contributed by atoms with Crippen LogP contribution in [0, 0.1) is 5.82 Å². The van der Waals surface area contributed by atoms with E-state index in [1.807, 2.05) is 6.07 Å². The summed E-state index contributed by atoms with van der Waals surface area (Å²) in [6.45, 7) is 0.357. The van der Waals surface area contributed by atoms with Gasteiger partial charge in [0.15, 0.2) is 0 Å². The zero-order valence-corrected chi connectivity index (χ0v) is 11.1. The Kier molecular flexibility index (Phi) is 3.45. The van der Waals surface area contributed by atoms with Crippen molar-refractivity contribution in [3.8, 4) is 16.9 Å². The van der Waals surface area contributed by atoms with Crippen LogP contribution in [0.3, 0.4) is 0 Å². The Hall–Kier alpha value is -2.60. The van der Waals surface area contributed by atoms with Gasteiger partial charge in [-0.1, -0.05) is 0 Å². The lowest BCUT2D eigenvalue weighted by molar-refractivity contribution is 0.311. The zero-order valence-electron chi connectivity index (χ0n) is 11.1. The number of H-pyrrole nitrogens is 1. The molecule has 5 nitrogen and oxygen atoms in total. The summed E-state index contributed by atoms with van der Waals surface area (Å²) in [6.07, 6.45) is 1.75. The van der Waals surface area contributed by atoms with Gasteiger partial charge in [0.2, 0.25) is 0 Å². The minimum atomic E-state index is -0.491. The van der Waals surface area contributed by atoms with E-state index >= 15 is 0 Å². The second kappa shape index (κ2) is 5.41. The topological polar surface area (TPSA) is 81.2 Å². The minimum Gasteiger partial charge on any atom is -0.507 e. The first-order chi connectivity index (χ1) is 10.2. The van der Waals surface area contributed by atoms with E-state index in [0.717, 1.165) is 17.0 Å². The van der Waals surface area contributed by atoms with E-state index in [4.69, 9.17) is 5.11 Å². The Morgan fingerprint density at radius 3 is 2.81 bits per heavy atom. The quantitative estimate of drug-likeness (QED) is 0.594. The van der Waals surface area contributed by atoms with Crippen molar-refractivity contribution in [2.75, 3.05) is 18.5 Å². The highest BCUT2D eigenvalue weighted by molar-refractivity contribution is 5.96. The fourth-order valence-corrected chi connectivity index (χ4v) is 2.27. The first-order valence-electron chi connectivity index (χ1n) is 6.51. The van der Waals surface area contributed by atoms with Gasteiger partial charge in [0.1, 0.15) is 23.0 Å². The van der Waals surface area contributed by atoms with Gasteiger partial charge < -0.3 is 20.5 Å². The van der Waals surface area contributed by atoms with Crippen LogP contribution in [-0.2, 0) is 0 Å². The molecule has 0 atom stereocenters. The van der Waals surface area contributed by atoms with Crippen molar-refractivity contribution in [3.63, 3.8) is 0 Å². The Labute approximate surface area is 120 Å². The monoisotopic (exact) mass is 287 g/mol. The Morgan fingerprint density at radius 2 is 2.05 bits per heavy atom. The zero-order chi connectivity index (χ0) is 14.8. The normalized spacial score (nSPS) is 11.0. The van der Waals surface area contributed by atoms with Crippen LogP contribution >= 0.6 is 0 Å². The number of hydrogen-bond donors (Lipinski definition) is 4. The number of halogens is 1. The number of hydrogen-bond acceptors (Lipinski definition) is 4. The van der Waals surface area contributed by atoms with E-state index in [0.29, 0.717) is 23.6 Å². The molecule has 0 aliphatic heterocycles. The van der Waals surface area contributed by atoms with Gasteiger partial charge >= 0.3 is 0 Å². The number of aromatic hydroxyl groups is 1. The summed E-state index contributed by atoms with van der Waals surface area (Å²) in [4.78, 5) is 7.38. The number of pyridine rings is 1. The van der Waals surface area contributed by atoms with Crippen molar-refractivity contribution < 1.29 is 14.6 Å². The molecule has 21 heavy (non-hydrogen) atoms. The van der Waals surface area contributed by atoms with Crippen LogP contribution in [0.25, 0.3) is 22.2 Å². The van der Waals surface area contributed by atoms with Crippen molar-refractivity contribution in [2.45, 2.75) is 0 Å².